The highest BCUT2D eigenvalue weighted by molar-refractivity contribution is 5.79. The largest absolute Gasteiger partial charge is 0.380 e. The predicted octanol–water partition coefficient (Wildman–Crippen LogP) is 1.63. The molecule has 1 amide bonds. The lowest BCUT2D eigenvalue weighted by Crippen LogP contribution is -2.47. The molecule has 1 fully saturated rings. The Morgan fingerprint density at radius 3 is 2.67 bits per heavy atom. The highest BCUT2D eigenvalue weighted by Crippen LogP contribution is 2.26. The summed E-state index contributed by atoms with van der Waals surface area (Å²) < 4.78 is 5.36. The molecule has 2 N–H and O–H groups in total. The molecule has 0 radical (unpaired) electrons. The molecule has 4 heteroatoms. The predicted molar refractivity (Wildman–Crippen MR) is 73.2 cm³/mol. The quantitative estimate of drug-likeness (QED) is 0.832. The summed E-state index contributed by atoms with van der Waals surface area (Å²) in [5.41, 5.74) is 5.91. The van der Waals surface area contributed by atoms with Gasteiger partial charge >= 0.3 is 0 Å². The highest BCUT2D eigenvalue weighted by Gasteiger charge is 2.30. The topological polar surface area (TPSA) is 55.6 Å². The van der Waals surface area contributed by atoms with Crippen molar-refractivity contribution in [3.63, 3.8) is 0 Å². The first-order valence-electron chi connectivity index (χ1n) is 6.89. The molecule has 1 rings (SSSR count). The maximum Gasteiger partial charge on any atom is 0.227 e. The molecule has 1 saturated heterocycles. The fraction of sp³-hybridized carbons (Fsp3) is 0.929. The number of methoxy groups -OCH3 is 1. The molecule has 0 aromatic heterocycles. The molecule has 0 saturated carbocycles. The Bertz CT molecular complexity index is 273. The maximum atomic E-state index is 12.5. The van der Waals surface area contributed by atoms with Gasteiger partial charge in [0.25, 0.3) is 0 Å². The van der Waals surface area contributed by atoms with Gasteiger partial charge in [-0.05, 0) is 24.7 Å². The van der Waals surface area contributed by atoms with Crippen LogP contribution in [0.15, 0.2) is 0 Å². The Hall–Kier alpha value is -0.610. The SMILES string of the molecule is COC1CCCN(C(=O)C(CN)CC(C)(C)C)C1. The lowest BCUT2D eigenvalue weighted by molar-refractivity contribution is -0.139. The van der Waals surface area contributed by atoms with Gasteiger partial charge in [-0.25, -0.2) is 0 Å². The van der Waals surface area contributed by atoms with Crippen LogP contribution in [-0.4, -0.2) is 43.7 Å². The first-order valence-corrected chi connectivity index (χ1v) is 6.89. The number of ether oxygens (including phenoxy) is 1. The number of amides is 1. The van der Waals surface area contributed by atoms with Crippen molar-refractivity contribution in [1.29, 1.82) is 0 Å². The Balaban J connectivity index is 2.60. The van der Waals surface area contributed by atoms with E-state index in [2.05, 4.69) is 20.8 Å². The zero-order chi connectivity index (χ0) is 13.8. The molecule has 18 heavy (non-hydrogen) atoms. The minimum absolute atomic E-state index is 0.0550. The number of hydrogen-bond acceptors (Lipinski definition) is 3. The highest BCUT2D eigenvalue weighted by atomic mass is 16.5. The number of carbonyl (C=O) groups is 1. The molecule has 4 nitrogen and oxygen atoms in total. The average Bonchev–Trinajstić information content (AvgIpc) is 2.34. The van der Waals surface area contributed by atoms with Gasteiger partial charge in [-0.1, -0.05) is 20.8 Å². The molecule has 2 unspecified atom stereocenters. The second-order valence-corrected chi connectivity index (χ2v) is 6.48. The van der Waals surface area contributed by atoms with E-state index in [9.17, 15) is 4.79 Å². The summed E-state index contributed by atoms with van der Waals surface area (Å²) >= 11 is 0. The normalized spacial score (nSPS) is 22.9. The first kappa shape index (κ1) is 15.4. The van der Waals surface area contributed by atoms with Gasteiger partial charge in [0, 0.05) is 26.7 Å². The van der Waals surface area contributed by atoms with Crippen LogP contribution in [0, 0.1) is 11.3 Å². The number of nitrogens with zero attached hydrogens (tertiary/aromatic N) is 1. The fourth-order valence-electron chi connectivity index (χ4n) is 2.60. The van der Waals surface area contributed by atoms with Crippen LogP contribution < -0.4 is 5.73 Å². The average molecular weight is 256 g/mol. The molecule has 0 bridgehead atoms. The lowest BCUT2D eigenvalue weighted by atomic mass is 9.84. The van der Waals surface area contributed by atoms with Gasteiger partial charge in [0.05, 0.1) is 12.0 Å². The Morgan fingerprint density at radius 1 is 1.50 bits per heavy atom. The van der Waals surface area contributed by atoms with Gasteiger partial charge in [-0.3, -0.25) is 4.79 Å². The van der Waals surface area contributed by atoms with Crippen molar-refractivity contribution in [2.45, 2.75) is 46.1 Å². The number of carbonyl (C=O) groups excluding carboxylic acids is 1. The Labute approximate surface area is 111 Å². The molecule has 0 aromatic carbocycles. The summed E-state index contributed by atoms with van der Waals surface area (Å²) in [7, 11) is 1.72. The maximum absolute atomic E-state index is 12.5. The summed E-state index contributed by atoms with van der Waals surface area (Å²) in [6.07, 6.45) is 3.11. The molecule has 1 heterocycles. The number of piperidine rings is 1. The number of hydrogen-bond donors (Lipinski definition) is 1. The molecular weight excluding hydrogens is 228 g/mol. The first-order chi connectivity index (χ1) is 8.37. The van der Waals surface area contributed by atoms with E-state index >= 15 is 0 Å². The second kappa shape index (κ2) is 6.53. The van der Waals surface area contributed by atoms with Crippen molar-refractivity contribution in [2.24, 2.45) is 17.1 Å². The van der Waals surface area contributed by atoms with E-state index in [1.807, 2.05) is 4.90 Å². The molecule has 2 atom stereocenters. The lowest BCUT2D eigenvalue weighted by Gasteiger charge is -2.35. The van der Waals surface area contributed by atoms with Crippen LogP contribution >= 0.6 is 0 Å². The van der Waals surface area contributed by atoms with E-state index in [-0.39, 0.29) is 23.3 Å². The molecule has 106 valence electrons. The zero-order valence-corrected chi connectivity index (χ0v) is 12.2. The number of nitrogens with two attached hydrogens (primary N) is 1. The molecule has 0 aliphatic carbocycles. The van der Waals surface area contributed by atoms with Crippen LogP contribution in [0.3, 0.4) is 0 Å². The van der Waals surface area contributed by atoms with Crippen LogP contribution in [0.2, 0.25) is 0 Å². The summed E-state index contributed by atoms with van der Waals surface area (Å²) in [5.74, 6) is 0.148. The molecule has 0 spiro atoms. The minimum Gasteiger partial charge on any atom is -0.380 e. The molecular formula is C14H28N2O2. The molecule has 1 aliphatic rings. The Kier molecular flexibility index (Phi) is 5.60. The van der Waals surface area contributed by atoms with Gasteiger partial charge in [0.2, 0.25) is 5.91 Å². The van der Waals surface area contributed by atoms with Gasteiger partial charge in [0.1, 0.15) is 0 Å². The van der Waals surface area contributed by atoms with Gasteiger partial charge in [-0.15, -0.1) is 0 Å². The van der Waals surface area contributed by atoms with Crippen LogP contribution in [-0.2, 0) is 9.53 Å². The van der Waals surface area contributed by atoms with Gasteiger partial charge < -0.3 is 15.4 Å². The van der Waals surface area contributed by atoms with Crippen molar-refractivity contribution < 1.29 is 9.53 Å². The number of likely N-dealkylation sites (tertiary alicyclic amines) is 1. The van der Waals surface area contributed by atoms with E-state index in [1.54, 1.807) is 7.11 Å². The van der Waals surface area contributed by atoms with E-state index in [0.29, 0.717) is 6.54 Å². The molecule has 0 aromatic rings. The zero-order valence-electron chi connectivity index (χ0n) is 12.2. The van der Waals surface area contributed by atoms with Crippen molar-refractivity contribution >= 4 is 5.91 Å². The van der Waals surface area contributed by atoms with Gasteiger partial charge in [0.15, 0.2) is 0 Å². The fourth-order valence-corrected chi connectivity index (χ4v) is 2.60. The third kappa shape index (κ3) is 4.58. The van der Waals surface area contributed by atoms with Crippen molar-refractivity contribution in [2.75, 3.05) is 26.7 Å². The van der Waals surface area contributed by atoms with Gasteiger partial charge in [-0.2, -0.15) is 0 Å². The standard InChI is InChI=1S/C14H28N2O2/c1-14(2,3)8-11(9-15)13(17)16-7-5-6-12(10-16)18-4/h11-12H,5-10,15H2,1-4H3. The minimum atomic E-state index is -0.0550. The van der Waals surface area contributed by atoms with Crippen LogP contribution in [0.5, 0.6) is 0 Å². The number of rotatable bonds is 4. The third-order valence-corrected chi connectivity index (χ3v) is 3.52. The van der Waals surface area contributed by atoms with E-state index < -0.39 is 0 Å². The summed E-state index contributed by atoms with van der Waals surface area (Å²) in [6.45, 7) is 8.45. The van der Waals surface area contributed by atoms with Crippen LogP contribution in [0.1, 0.15) is 40.0 Å². The van der Waals surface area contributed by atoms with Crippen molar-refractivity contribution in [1.82, 2.24) is 4.90 Å². The smallest absolute Gasteiger partial charge is 0.227 e. The van der Waals surface area contributed by atoms with Crippen molar-refractivity contribution in [3.05, 3.63) is 0 Å². The monoisotopic (exact) mass is 256 g/mol. The van der Waals surface area contributed by atoms with Crippen molar-refractivity contribution in [3.8, 4) is 0 Å². The summed E-state index contributed by atoms with van der Waals surface area (Å²) in [4.78, 5) is 14.4. The summed E-state index contributed by atoms with van der Waals surface area (Å²) in [6, 6.07) is 0. The van der Waals surface area contributed by atoms with Crippen LogP contribution in [0.4, 0.5) is 0 Å². The summed E-state index contributed by atoms with van der Waals surface area (Å²) in [5, 5.41) is 0. The Morgan fingerprint density at radius 2 is 2.17 bits per heavy atom. The molecule has 1 aliphatic heterocycles. The second-order valence-electron chi connectivity index (χ2n) is 6.48. The van der Waals surface area contributed by atoms with E-state index in [4.69, 9.17) is 10.5 Å². The van der Waals surface area contributed by atoms with Crippen LogP contribution in [0.25, 0.3) is 0 Å². The third-order valence-electron chi connectivity index (χ3n) is 3.52. The van der Waals surface area contributed by atoms with E-state index in [0.717, 1.165) is 32.4 Å². The van der Waals surface area contributed by atoms with E-state index in [1.165, 1.54) is 0 Å².